The molecule has 3 atom stereocenters. The first-order chi connectivity index (χ1) is 19.0. The highest BCUT2D eigenvalue weighted by molar-refractivity contribution is 5.92. The van der Waals surface area contributed by atoms with Crippen molar-refractivity contribution in [3.8, 4) is 0 Å². The van der Waals surface area contributed by atoms with E-state index in [1.165, 1.54) is 5.01 Å². The monoisotopic (exact) mass is 523 g/mol. The van der Waals surface area contributed by atoms with Crippen LogP contribution < -0.4 is 5.32 Å². The van der Waals surface area contributed by atoms with Gasteiger partial charge in [0.05, 0.1) is 25.7 Å². The molecule has 0 saturated carbocycles. The molecule has 1 N–H and O–H groups in total. The van der Waals surface area contributed by atoms with Gasteiger partial charge in [0.15, 0.2) is 0 Å². The molecule has 4 amide bonds. The number of benzene rings is 3. The molecule has 39 heavy (non-hydrogen) atoms. The number of nitrogens with one attached hydrogen (secondary N) is 1. The number of carbonyl (C=O) groups excluding carboxylic acids is 3. The summed E-state index contributed by atoms with van der Waals surface area (Å²) < 4.78 is 0. The number of hydrogen-bond donors (Lipinski definition) is 1. The number of amides is 4. The van der Waals surface area contributed by atoms with Crippen molar-refractivity contribution in [3.63, 3.8) is 0 Å². The second-order valence-corrected chi connectivity index (χ2v) is 9.78. The lowest BCUT2D eigenvalue weighted by atomic mass is 9.97. The van der Waals surface area contributed by atoms with E-state index in [0.717, 1.165) is 16.7 Å². The van der Waals surface area contributed by atoms with E-state index in [1.54, 1.807) is 16.0 Å². The molecule has 3 aromatic carbocycles. The number of hydrazine groups is 1. The molecule has 2 fully saturated rings. The van der Waals surface area contributed by atoms with Crippen LogP contribution in [0.15, 0.2) is 104 Å². The van der Waals surface area contributed by atoms with Gasteiger partial charge in [0.25, 0.3) is 5.91 Å². The Labute approximate surface area is 229 Å². The molecule has 0 aliphatic carbocycles. The third-order valence-electron chi connectivity index (χ3n) is 7.40. The van der Waals surface area contributed by atoms with E-state index in [0.29, 0.717) is 6.54 Å². The van der Waals surface area contributed by atoms with Crippen LogP contribution in [0, 0.1) is 0 Å². The Morgan fingerprint density at radius 3 is 2.26 bits per heavy atom. The summed E-state index contributed by atoms with van der Waals surface area (Å²) >= 11 is 0. The van der Waals surface area contributed by atoms with Crippen LogP contribution in [0.4, 0.5) is 4.79 Å². The Hall–Kier alpha value is -4.43. The van der Waals surface area contributed by atoms with Crippen molar-refractivity contribution in [2.45, 2.75) is 31.7 Å². The molecule has 3 aromatic rings. The lowest BCUT2D eigenvalue weighted by molar-refractivity contribution is -0.160. The number of urea groups is 1. The van der Waals surface area contributed by atoms with Crippen LogP contribution in [0.25, 0.3) is 0 Å². The Morgan fingerprint density at radius 2 is 1.62 bits per heavy atom. The van der Waals surface area contributed by atoms with E-state index in [-0.39, 0.29) is 43.5 Å². The molecule has 0 spiro atoms. The van der Waals surface area contributed by atoms with Gasteiger partial charge in [0, 0.05) is 6.54 Å². The average molecular weight is 524 g/mol. The Balaban J connectivity index is 1.47. The maximum absolute atomic E-state index is 14.0. The fourth-order valence-electron chi connectivity index (χ4n) is 5.41. The molecule has 0 aromatic heterocycles. The number of piperazine rings is 1. The van der Waals surface area contributed by atoms with Gasteiger partial charge in [-0.1, -0.05) is 97.1 Å². The summed E-state index contributed by atoms with van der Waals surface area (Å²) in [6.45, 7) is 6.67. The molecule has 0 radical (unpaired) electrons. The van der Waals surface area contributed by atoms with Crippen LogP contribution in [0.3, 0.4) is 0 Å². The Bertz CT molecular complexity index is 1320. The van der Waals surface area contributed by atoms with Gasteiger partial charge in [0.1, 0.15) is 12.2 Å². The number of carbonyl (C=O) groups is 3. The third kappa shape index (κ3) is 5.28. The first-order valence-corrected chi connectivity index (χ1v) is 13.2. The molecular weight excluding hydrogens is 490 g/mol. The highest BCUT2D eigenvalue weighted by Crippen LogP contribution is 2.38. The molecule has 8 heteroatoms. The summed E-state index contributed by atoms with van der Waals surface area (Å²) in [5.41, 5.74) is 2.72. The highest BCUT2D eigenvalue weighted by atomic mass is 16.2. The topological polar surface area (TPSA) is 76.2 Å². The fraction of sp³-hybridized carbons (Fsp3) is 0.258. The molecule has 2 aliphatic rings. The van der Waals surface area contributed by atoms with Gasteiger partial charge >= 0.3 is 6.03 Å². The van der Waals surface area contributed by atoms with Crippen LogP contribution in [0.5, 0.6) is 0 Å². The van der Waals surface area contributed by atoms with Crippen molar-refractivity contribution in [1.29, 1.82) is 0 Å². The van der Waals surface area contributed by atoms with E-state index >= 15 is 0 Å². The van der Waals surface area contributed by atoms with Crippen molar-refractivity contribution in [2.75, 3.05) is 19.6 Å². The molecule has 0 unspecified atom stereocenters. The van der Waals surface area contributed by atoms with Crippen LogP contribution >= 0.6 is 0 Å². The van der Waals surface area contributed by atoms with Crippen LogP contribution in [-0.4, -0.2) is 63.5 Å². The number of nitrogens with zero attached hydrogens (tertiary/aromatic N) is 4. The van der Waals surface area contributed by atoms with Gasteiger partial charge in [-0.15, -0.1) is 6.58 Å². The number of fused-ring (bicyclic) bond motifs is 1. The lowest BCUT2D eigenvalue weighted by Gasteiger charge is -2.48. The first-order valence-electron chi connectivity index (χ1n) is 13.2. The molecule has 2 saturated heterocycles. The molecule has 200 valence electrons. The second kappa shape index (κ2) is 11.5. The van der Waals surface area contributed by atoms with E-state index in [9.17, 15) is 14.4 Å². The zero-order valence-corrected chi connectivity index (χ0v) is 22.0. The van der Waals surface area contributed by atoms with Gasteiger partial charge in [0.2, 0.25) is 5.91 Å². The number of rotatable bonds is 8. The van der Waals surface area contributed by atoms with Crippen molar-refractivity contribution >= 4 is 17.8 Å². The van der Waals surface area contributed by atoms with Gasteiger partial charge < -0.3 is 15.1 Å². The summed E-state index contributed by atoms with van der Waals surface area (Å²) in [5, 5.41) is 6.27. The van der Waals surface area contributed by atoms with Gasteiger partial charge in [-0.2, -0.15) is 5.01 Å². The first kappa shape index (κ1) is 26.2. The molecule has 5 rings (SSSR count). The summed E-state index contributed by atoms with van der Waals surface area (Å²) in [7, 11) is 0. The largest absolute Gasteiger partial charge is 0.333 e. The lowest BCUT2D eigenvalue weighted by Crippen LogP contribution is -2.63. The standard InChI is InChI=1S/C31H33N5O3/c1-3-19-34(31(39)32-20-24-13-7-4-8-14-24)35-22-28(37)36-27(35)21-33(23(2)25-15-9-5-10-16-25)30(38)29(36)26-17-11-6-12-18-26/h3-18,23,27,29H,1,19-22H2,2H3,(H,32,39)/t23-,27+,29-/m0/s1. The SMILES string of the molecule is C=CCN(C(=O)NCc1ccccc1)N1CC(=O)N2[C@@H](c3ccccc3)C(=O)N([C@@H](C)c3ccccc3)C[C@@H]21. The van der Waals surface area contributed by atoms with Crippen LogP contribution in [0.2, 0.25) is 0 Å². The van der Waals surface area contributed by atoms with Gasteiger partial charge in [-0.3, -0.25) is 14.6 Å². The third-order valence-corrected chi connectivity index (χ3v) is 7.40. The molecular formula is C31H33N5O3. The maximum atomic E-state index is 14.0. The number of hydrogen-bond acceptors (Lipinski definition) is 4. The van der Waals surface area contributed by atoms with Crippen LogP contribution in [-0.2, 0) is 16.1 Å². The second-order valence-electron chi connectivity index (χ2n) is 9.78. The van der Waals surface area contributed by atoms with E-state index in [2.05, 4.69) is 11.9 Å². The normalized spacial score (nSPS) is 19.9. The highest BCUT2D eigenvalue weighted by Gasteiger charge is 2.53. The van der Waals surface area contributed by atoms with Crippen molar-refractivity contribution in [2.24, 2.45) is 0 Å². The maximum Gasteiger partial charge on any atom is 0.332 e. The summed E-state index contributed by atoms with van der Waals surface area (Å²) in [6, 6.07) is 27.6. The van der Waals surface area contributed by atoms with E-state index in [4.69, 9.17) is 0 Å². The minimum atomic E-state index is -0.786. The quantitative estimate of drug-likeness (QED) is 0.451. The fourth-order valence-corrected chi connectivity index (χ4v) is 5.41. The van der Waals surface area contributed by atoms with Gasteiger partial charge in [-0.25, -0.2) is 4.79 Å². The Kier molecular flexibility index (Phi) is 7.74. The molecule has 2 aliphatic heterocycles. The smallest absolute Gasteiger partial charge is 0.332 e. The van der Waals surface area contributed by atoms with Crippen molar-refractivity contribution in [1.82, 2.24) is 25.1 Å². The summed E-state index contributed by atoms with van der Waals surface area (Å²) in [6.07, 6.45) is 1.12. The predicted octanol–water partition coefficient (Wildman–Crippen LogP) is 4.11. The predicted molar refractivity (Wildman–Crippen MR) is 149 cm³/mol. The molecule has 2 heterocycles. The van der Waals surface area contributed by atoms with Crippen molar-refractivity contribution < 1.29 is 14.4 Å². The zero-order valence-electron chi connectivity index (χ0n) is 22.0. The van der Waals surface area contributed by atoms with E-state index in [1.807, 2.05) is 103 Å². The van der Waals surface area contributed by atoms with Crippen molar-refractivity contribution in [3.05, 3.63) is 120 Å². The molecule has 0 bridgehead atoms. The molecule has 8 nitrogen and oxygen atoms in total. The Morgan fingerprint density at radius 1 is 1.00 bits per heavy atom. The minimum Gasteiger partial charge on any atom is -0.333 e. The van der Waals surface area contributed by atoms with Crippen LogP contribution in [0.1, 0.15) is 35.7 Å². The summed E-state index contributed by atoms with van der Waals surface area (Å²) in [5.74, 6) is -0.327. The average Bonchev–Trinajstić information content (AvgIpc) is 3.30. The zero-order chi connectivity index (χ0) is 27.4. The van der Waals surface area contributed by atoms with Gasteiger partial charge in [-0.05, 0) is 23.6 Å². The van der Waals surface area contributed by atoms with E-state index < -0.39 is 12.2 Å². The minimum absolute atomic E-state index is 0.0125. The summed E-state index contributed by atoms with van der Waals surface area (Å²) in [4.78, 5) is 44.5.